The predicted octanol–water partition coefficient (Wildman–Crippen LogP) is 7.81. The third-order valence-corrected chi connectivity index (χ3v) is 7.74. The minimum Gasteiger partial charge on any atom is -0.485 e. The van der Waals surface area contributed by atoms with Gasteiger partial charge in [-0.1, -0.05) is 77.1 Å². The van der Waals surface area contributed by atoms with Crippen LogP contribution < -0.4 is 10.1 Å². The van der Waals surface area contributed by atoms with Crippen molar-refractivity contribution in [3.8, 4) is 5.75 Å². The Balaban J connectivity index is 1.52. The lowest BCUT2D eigenvalue weighted by Gasteiger charge is -2.44. The van der Waals surface area contributed by atoms with E-state index in [0.29, 0.717) is 6.61 Å². The highest BCUT2D eigenvalue weighted by Crippen LogP contribution is 2.45. The van der Waals surface area contributed by atoms with Crippen LogP contribution in [0.3, 0.4) is 0 Å². The number of benzene rings is 2. The summed E-state index contributed by atoms with van der Waals surface area (Å²) in [6, 6.07) is 15.1. The first-order valence-corrected chi connectivity index (χ1v) is 13.5. The Hall–Kier alpha value is -2.04. The molecule has 0 amide bonds. The van der Waals surface area contributed by atoms with Crippen molar-refractivity contribution >= 4 is 5.69 Å². The largest absolute Gasteiger partial charge is 0.485 e. The number of hydrogen-bond acceptors (Lipinski definition) is 4. The molecule has 2 aromatic rings. The van der Waals surface area contributed by atoms with Gasteiger partial charge in [-0.25, -0.2) is 0 Å². The van der Waals surface area contributed by atoms with Crippen molar-refractivity contribution in [1.29, 1.82) is 0 Å². The normalized spacial score (nSPS) is 22.3. The van der Waals surface area contributed by atoms with E-state index < -0.39 is 5.60 Å². The van der Waals surface area contributed by atoms with Gasteiger partial charge in [0.2, 0.25) is 0 Å². The Bertz CT molecular complexity index is 954. The summed E-state index contributed by atoms with van der Waals surface area (Å²) in [7, 11) is 1.95. The second-order valence-electron chi connectivity index (χ2n) is 12.0. The number of fused-ring (bicyclic) bond motifs is 1. The molecule has 0 bridgehead atoms. The fraction of sp³-hybridized carbons (Fsp3) is 0.613. The number of nitrogens with one attached hydrogen (secondary N) is 1. The zero-order chi connectivity index (χ0) is 25.1. The Morgan fingerprint density at radius 1 is 0.971 bits per heavy atom. The Morgan fingerprint density at radius 2 is 1.69 bits per heavy atom. The van der Waals surface area contributed by atoms with Gasteiger partial charge in [-0.3, -0.25) is 0 Å². The van der Waals surface area contributed by atoms with Gasteiger partial charge in [-0.2, -0.15) is 0 Å². The average Bonchev–Trinajstić information content (AvgIpc) is 2.83. The third kappa shape index (κ3) is 6.40. The lowest BCUT2D eigenvalue weighted by molar-refractivity contribution is -0.168. The van der Waals surface area contributed by atoms with E-state index in [0.717, 1.165) is 35.9 Å². The number of hydrogen-bond donors (Lipinski definition) is 1. The molecule has 4 nitrogen and oxygen atoms in total. The molecule has 0 spiro atoms. The van der Waals surface area contributed by atoms with E-state index in [1.165, 1.54) is 43.2 Å². The maximum atomic E-state index is 6.68. The summed E-state index contributed by atoms with van der Waals surface area (Å²) in [6.45, 7) is 12.3. The van der Waals surface area contributed by atoms with Gasteiger partial charge in [-0.05, 0) is 60.9 Å². The van der Waals surface area contributed by atoms with Gasteiger partial charge in [0.25, 0.3) is 0 Å². The fourth-order valence-corrected chi connectivity index (χ4v) is 5.48. The minimum atomic E-state index is -0.505. The molecule has 2 unspecified atom stereocenters. The van der Waals surface area contributed by atoms with E-state index >= 15 is 0 Å². The van der Waals surface area contributed by atoms with Gasteiger partial charge >= 0.3 is 0 Å². The Morgan fingerprint density at radius 3 is 2.34 bits per heavy atom. The van der Waals surface area contributed by atoms with Gasteiger partial charge in [0.15, 0.2) is 0 Å². The molecule has 1 fully saturated rings. The minimum absolute atomic E-state index is 0.143. The molecule has 4 heteroatoms. The van der Waals surface area contributed by atoms with Gasteiger partial charge < -0.3 is 19.5 Å². The molecule has 4 rings (SSSR count). The molecule has 192 valence electrons. The quantitative estimate of drug-likeness (QED) is 0.419. The standard InChI is InChI=1S/C31H45NO3/c1-30(2,3)24-14-12-23(13-15-24)21-34-29-28(33-19-18-22-10-8-7-9-11-22)26-20-25(32-6)16-17-27(26)35-31(29,4)5/h12-17,20,22,28-29,32H,7-11,18-19,21H2,1-6H3. The molecule has 35 heavy (non-hydrogen) atoms. The van der Waals surface area contributed by atoms with Crippen LogP contribution in [-0.4, -0.2) is 25.4 Å². The molecule has 1 aliphatic heterocycles. The van der Waals surface area contributed by atoms with E-state index in [1.807, 2.05) is 7.05 Å². The van der Waals surface area contributed by atoms with Crippen LogP contribution in [0.25, 0.3) is 0 Å². The lowest BCUT2D eigenvalue weighted by atomic mass is 9.86. The SMILES string of the molecule is CNc1ccc2c(c1)C(OCCC1CCCCC1)C(OCc1ccc(C(C)(C)C)cc1)C(C)(C)O2. The maximum Gasteiger partial charge on any atom is 0.132 e. The van der Waals surface area contributed by atoms with Crippen molar-refractivity contribution in [2.24, 2.45) is 5.92 Å². The first-order valence-electron chi connectivity index (χ1n) is 13.5. The highest BCUT2D eigenvalue weighted by atomic mass is 16.6. The molecule has 2 aliphatic rings. The van der Waals surface area contributed by atoms with E-state index in [-0.39, 0.29) is 17.6 Å². The predicted molar refractivity (Wildman–Crippen MR) is 144 cm³/mol. The summed E-state index contributed by atoms with van der Waals surface area (Å²) in [5.74, 6) is 1.69. The van der Waals surface area contributed by atoms with Crippen LogP contribution in [0.2, 0.25) is 0 Å². The van der Waals surface area contributed by atoms with E-state index in [4.69, 9.17) is 14.2 Å². The summed E-state index contributed by atoms with van der Waals surface area (Å²) in [5, 5.41) is 3.26. The average molecular weight is 480 g/mol. The molecule has 1 heterocycles. The van der Waals surface area contributed by atoms with Crippen LogP contribution in [0.15, 0.2) is 42.5 Å². The summed E-state index contributed by atoms with van der Waals surface area (Å²) in [6.07, 6.45) is 7.54. The summed E-state index contributed by atoms with van der Waals surface area (Å²) in [4.78, 5) is 0. The van der Waals surface area contributed by atoms with Crippen molar-refractivity contribution < 1.29 is 14.2 Å². The second kappa shape index (κ2) is 10.9. The zero-order valence-electron chi connectivity index (χ0n) is 22.7. The van der Waals surface area contributed by atoms with Gasteiger partial charge in [0, 0.05) is 24.9 Å². The van der Waals surface area contributed by atoms with Crippen LogP contribution in [0.5, 0.6) is 5.75 Å². The molecule has 1 N–H and O–H groups in total. The summed E-state index contributed by atoms with van der Waals surface area (Å²) >= 11 is 0. The number of anilines is 1. The van der Waals surface area contributed by atoms with Crippen LogP contribution in [-0.2, 0) is 21.5 Å². The summed E-state index contributed by atoms with van der Waals surface area (Å²) in [5.41, 5.74) is 4.28. The van der Waals surface area contributed by atoms with Crippen LogP contribution in [0, 0.1) is 5.92 Å². The second-order valence-corrected chi connectivity index (χ2v) is 12.0. The molecule has 1 saturated carbocycles. The molecule has 0 radical (unpaired) electrons. The van der Waals surface area contributed by atoms with Crippen molar-refractivity contribution in [3.63, 3.8) is 0 Å². The number of ether oxygens (including phenoxy) is 3. The van der Waals surface area contributed by atoms with Gasteiger partial charge in [0.05, 0.1) is 6.61 Å². The molecular weight excluding hydrogens is 434 g/mol. The van der Waals surface area contributed by atoms with Gasteiger partial charge in [0.1, 0.15) is 23.6 Å². The lowest BCUT2D eigenvalue weighted by Crippen LogP contribution is -2.51. The summed E-state index contributed by atoms with van der Waals surface area (Å²) < 4.78 is 19.8. The van der Waals surface area contributed by atoms with Crippen LogP contribution in [0.4, 0.5) is 5.69 Å². The fourth-order valence-electron chi connectivity index (χ4n) is 5.48. The molecule has 2 atom stereocenters. The van der Waals surface area contributed by atoms with Crippen molar-refractivity contribution in [3.05, 3.63) is 59.2 Å². The molecule has 0 saturated heterocycles. The topological polar surface area (TPSA) is 39.7 Å². The van der Waals surface area contributed by atoms with E-state index in [9.17, 15) is 0 Å². The Labute approximate surface area is 212 Å². The van der Waals surface area contributed by atoms with Crippen molar-refractivity contribution in [2.45, 2.75) is 103 Å². The van der Waals surface area contributed by atoms with E-state index in [2.05, 4.69) is 82.4 Å². The first-order chi connectivity index (χ1) is 16.7. The smallest absolute Gasteiger partial charge is 0.132 e. The van der Waals surface area contributed by atoms with E-state index in [1.54, 1.807) is 0 Å². The third-order valence-electron chi connectivity index (χ3n) is 7.74. The highest BCUT2D eigenvalue weighted by molar-refractivity contribution is 5.53. The molecule has 1 aliphatic carbocycles. The van der Waals surface area contributed by atoms with Crippen molar-refractivity contribution in [1.82, 2.24) is 0 Å². The molecule has 2 aromatic carbocycles. The maximum absolute atomic E-state index is 6.68. The monoisotopic (exact) mass is 479 g/mol. The number of rotatable bonds is 8. The van der Waals surface area contributed by atoms with Crippen LogP contribution in [0.1, 0.15) is 95.9 Å². The Kier molecular flexibility index (Phi) is 8.12. The van der Waals surface area contributed by atoms with Crippen molar-refractivity contribution in [2.75, 3.05) is 19.0 Å². The zero-order valence-corrected chi connectivity index (χ0v) is 22.7. The first kappa shape index (κ1) is 26.0. The highest BCUT2D eigenvalue weighted by Gasteiger charge is 2.45. The molecular formula is C31H45NO3. The van der Waals surface area contributed by atoms with Gasteiger partial charge in [-0.15, -0.1) is 0 Å². The van der Waals surface area contributed by atoms with Crippen LogP contribution >= 0.6 is 0 Å². The molecule has 0 aromatic heterocycles.